The van der Waals surface area contributed by atoms with Crippen molar-refractivity contribution in [3.63, 3.8) is 0 Å². The quantitative estimate of drug-likeness (QED) is 0.515. The average Bonchev–Trinajstić information content (AvgIpc) is 2.72. The average molecular weight is 382 g/mol. The number of nitrogens with one attached hydrogen (secondary N) is 2. The summed E-state index contributed by atoms with van der Waals surface area (Å²) in [6.45, 7) is 4.28. The lowest BCUT2D eigenvalue weighted by molar-refractivity contribution is -0.138. The van der Waals surface area contributed by atoms with E-state index in [2.05, 4.69) is 10.6 Å². The third-order valence-electron chi connectivity index (χ3n) is 4.44. The van der Waals surface area contributed by atoms with Gasteiger partial charge in [-0.3, -0.25) is 9.59 Å². The van der Waals surface area contributed by atoms with E-state index in [-0.39, 0.29) is 13.0 Å². The third kappa shape index (κ3) is 4.76. The number of likely N-dealkylation sites (N-methyl/N-ethyl adjacent to an activating group) is 2. The van der Waals surface area contributed by atoms with Crippen LogP contribution in [0.3, 0.4) is 0 Å². The molecule has 2 aromatic carbocycles. The van der Waals surface area contributed by atoms with Crippen LogP contribution < -0.4 is 10.6 Å². The minimum Gasteiger partial charge on any atom is -0.462 e. The molecule has 0 saturated carbocycles. The first-order valence-electron chi connectivity index (χ1n) is 9.40. The summed E-state index contributed by atoms with van der Waals surface area (Å²) in [5, 5.41) is 5.51. The molecular formula is C22H26N2O4. The van der Waals surface area contributed by atoms with E-state index in [1.54, 1.807) is 68.4 Å². The van der Waals surface area contributed by atoms with Crippen molar-refractivity contribution in [2.45, 2.75) is 25.7 Å². The molecule has 148 valence electrons. The molecule has 0 aliphatic heterocycles. The standard InChI is InChI=1S/C22H26N2O4/c1-3-23-20(26)22(21(27)24-4-2,18-13-9-6-10-14-18)15-16-28-19(25)17-11-7-5-8-12-17/h5-14H,3-4,15-16H2,1-2H3,(H,23,26)(H,24,27). The molecule has 0 spiro atoms. The van der Waals surface area contributed by atoms with Gasteiger partial charge >= 0.3 is 5.97 Å². The molecule has 2 rings (SSSR count). The lowest BCUT2D eigenvalue weighted by atomic mass is 9.75. The first kappa shape index (κ1) is 21.2. The second-order valence-corrected chi connectivity index (χ2v) is 6.24. The zero-order valence-corrected chi connectivity index (χ0v) is 16.2. The molecule has 6 heteroatoms. The van der Waals surface area contributed by atoms with Crippen LogP contribution in [0.2, 0.25) is 0 Å². The van der Waals surface area contributed by atoms with Gasteiger partial charge in [-0.1, -0.05) is 48.5 Å². The van der Waals surface area contributed by atoms with Crippen LogP contribution in [0.5, 0.6) is 0 Å². The topological polar surface area (TPSA) is 84.5 Å². The molecule has 0 atom stereocenters. The summed E-state index contributed by atoms with van der Waals surface area (Å²) < 4.78 is 5.36. The number of amides is 2. The first-order valence-corrected chi connectivity index (χ1v) is 9.40. The Bertz CT molecular complexity index is 773. The Balaban J connectivity index is 2.29. The maximum absolute atomic E-state index is 13.0. The lowest BCUT2D eigenvalue weighted by Gasteiger charge is -2.31. The van der Waals surface area contributed by atoms with Crippen LogP contribution >= 0.6 is 0 Å². The van der Waals surface area contributed by atoms with Crippen LogP contribution in [0.4, 0.5) is 0 Å². The normalized spacial score (nSPS) is 10.8. The Hall–Kier alpha value is -3.15. The molecular weight excluding hydrogens is 356 g/mol. The second kappa shape index (κ2) is 10.3. The minimum absolute atomic E-state index is 0.0350. The van der Waals surface area contributed by atoms with Gasteiger partial charge in [0.25, 0.3) is 0 Å². The van der Waals surface area contributed by atoms with E-state index in [0.717, 1.165) is 0 Å². The summed E-state index contributed by atoms with van der Waals surface area (Å²) in [5.41, 5.74) is -0.504. The highest BCUT2D eigenvalue weighted by molar-refractivity contribution is 6.10. The molecule has 2 N–H and O–H groups in total. The van der Waals surface area contributed by atoms with Crippen molar-refractivity contribution in [3.05, 3.63) is 71.8 Å². The van der Waals surface area contributed by atoms with E-state index >= 15 is 0 Å². The summed E-state index contributed by atoms with van der Waals surface area (Å²) in [5.74, 6) is -1.32. The van der Waals surface area contributed by atoms with Gasteiger partial charge in [0, 0.05) is 19.5 Å². The van der Waals surface area contributed by atoms with E-state index < -0.39 is 23.2 Å². The number of rotatable bonds is 9. The zero-order chi connectivity index (χ0) is 20.4. The SMILES string of the molecule is CCNC(=O)C(CCOC(=O)c1ccccc1)(C(=O)NCC)c1ccccc1. The van der Waals surface area contributed by atoms with Gasteiger partial charge in [0.05, 0.1) is 12.2 Å². The van der Waals surface area contributed by atoms with E-state index in [1.807, 2.05) is 6.07 Å². The van der Waals surface area contributed by atoms with Gasteiger partial charge in [-0.2, -0.15) is 0 Å². The summed E-state index contributed by atoms with van der Waals surface area (Å²) in [4.78, 5) is 38.3. The van der Waals surface area contributed by atoms with Crippen LogP contribution in [0.25, 0.3) is 0 Å². The van der Waals surface area contributed by atoms with Crippen molar-refractivity contribution in [1.82, 2.24) is 10.6 Å². The van der Waals surface area contributed by atoms with Gasteiger partial charge in [0.1, 0.15) is 0 Å². The Kier molecular flexibility index (Phi) is 7.75. The van der Waals surface area contributed by atoms with Crippen LogP contribution in [-0.4, -0.2) is 37.5 Å². The fourth-order valence-corrected chi connectivity index (χ4v) is 3.04. The monoisotopic (exact) mass is 382 g/mol. The molecule has 0 aromatic heterocycles. The Morgan fingerprint density at radius 1 is 0.821 bits per heavy atom. The first-order chi connectivity index (χ1) is 13.6. The number of hydrogen-bond acceptors (Lipinski definition) is 4. The molecule has 0 aliphatic carbocycles. The maximum atomic E-state index is 13.0. The highest BCUT2D eigenvalue weighted by atomic mass is 16.5. The number of carbonyl (C=O) groups excluding carboxylic acids is 3. The van der Waals surface area contributed by atoms with Crippen molar-refractivity contribution >= 4 is 17.8 Å². The fourth-order valence-electron chi connectivity index (χ4n) is 3.04. The number of carbonyl (C=O) groups is 3. The van der Waals surface area contributed by atoms with Gasteiger partial charge in [-0.15, -0.1) is 0 Å². The zero-order valence-electron chi connectivity index (χ0n) is 16.2. The predicted molar refractivity (Wildman–Crippen MR) is 107 cm³/mol. The van der Waals surface area contributed by atoms with Crippen molar-refractivity contribution < 1.29 is 19.1 Å². The van der Waals surface area contributed by atoms with E-state index in [4.69, 9.17) is 4.74 Å². The third-order valence-corrected chi connectivity index (χ3v) is 4.44. The minimum atomic E-state index is -1.48. The number of esters is 1. The van der Waals surface area contributed by atoms with Crippen LogP contribution in [0.15, 0.2) is 60.7 Å². The molecule has 0 fully saturated rings. The highest BCUT2D eigenvalue weighted by Gasteiger charge is 2.47. The van der Waals surface area contributed by atoms with Gasteiger partial charge in [0.15, 0.2) is 5.41 Å². The van der Waals surface area contributed by atoms with Crippen molar-refractivity contribution in [2.75, 3.05) is 19.7 Å². The van der Waals surface area contributed by atoms with Gasteiger partial charge < -0.3 is 15.4 Å². The second-order valence-electron chi connectivity index (χ2n) is 6.24. The maximum Gasteiger partial charge on any atom is 0.338 e. The van der Waals surface area contributed by atoms with Crippen molar-refractivity contribution in [2.24, 2.45) is 0 Å². The number of hydrogen-bond donors (Lipinski definition) is 2. The molecule has 6 nitrogen and oxygen atoms in total. The van der Waals surface area contributed by atoms with Crippen LogP contribution in [-0.2, 0) is 19.7 Å². The van der Waals surface area contributed by atoms with Gasteiger partial charge in [0.2, 0.25) is 11.8 Å². The Morgan fingerprint density at radius 2 is 1.32 bits per heavy atom. The summed E-state index contributed by atoms with van der Waals surface area (Å²) in [7, 11) is 0. The molecule has 0 unspecified atom stereocenters. The highest BCUT2D eigenvalue weighted by Crippen LogP contribution is 2.29. The summed E-state index contributed by atoms with van der Waals surface area (Å²) in [6, 6.07) is 17.5. The van der Waals surface area contributed by atoms with Crippen molar-refractivity contribution in [3.8, 4) is 0 Å². The molecule has 0 radical (unpaired) electrons. The lowest BCUT2D eigenvalue weighted by Crippen LogP contribution is -2.55. The van der Waals surface area contributed by atoms with Crippen LogP contribution in [0.1, 0.15) is 36.2 Å². The summed E-state index contributed by atoms with van der Waals surface area (Å²) in [6.07, 6.45) is 0.0350. The molecule has 0 bridgehead atoms. The number of ether oxygens (including phenoxy) is 1. The molecule has 28 heavy (non-hydrogen) atoms. The molecule has 0 heterocycles. The predicted octanol–water partition coefficient (Wildman–Crippen LogP) is 2.44. The van der Waals surface area contributed by atoms with Gasteiger partial charge in [-0.05, 0) is 31.5 Å². The fraction of sp³-hybridized carbons (Fsp3) is 0.318. The van der Waals surface area contributed by atoms with Crippen molar-refractivity contribution in [1.29, 1.82) is 0 Å². The van der Waals surface area contributed by atoms with E-state index in [1.165, 1.54) is 0 Å². The molecule has 0 saturated heterocycles. The summed E-state index contributed by atoms with van der Waals surface area (Å²) >= 11 is 0. The molecule has 2 aromatic rings. The smallest absolute Gasteiger partial charge is 0.338 e. The molecule has 0 aliphatic rings. The largest absolute Gasteiger partial charge is 0.462 e. The van der Waals surface area contributed by atoms with Crippen LogP contribution in [0, 0.1) is 0 Å². The molecule has 2 amide bonds. The van der Waals surface area contributed by atoms with Gasteiger partial charge in [-0.25, -0.2) is 4.79 Å². The Labute approximate surface area is 165 Å². The number of benzene rings is 2. The van der Waals surface area contributed by atoms with E-state index in [9.17, 15) is 14.4 Å². The van der Waals surface area contributed by atoms with E-state index in [0.29, 0.717) is 24.2 Å². The Morgan fingerprint density at radius 3 is 1.82 bits per heavy atom.